The fourth-order valence-corrected chi connectivity index (χ4v) is 4.10. The van der Waals surface area contributed by atoms with Crippen LogP contribution in [0.5, 0.6) is 5.88 Å². The van der Waals surface area contributed by atoms with Gasteiger partial charge in [0.2, 0.25) is 0 Å². The van der Waals surface area contributed by atoms with Crippen molar-refractivity contribution in [3.8, 4) is 23.2 Å². The molecule has 1 aliphatic heterocycles. The monoisotopic (exact) mass is 474 g/mol. The molecule has 0 spiro atoms. The predicted molar refractivity (Wildman–Crippen MR) is 115 cm³/mol. The van der Waals surface area contributed by atoms with E-state index in [1.165, 1.54) is 0 Å². The minimum atomic E-state index is -4.93. The number of nitriles is 1. The lowest BCUT2D eigenvalue weighted by molar-refractivity contribution is -0.276. The average Bonchev–Trinajstić information content (AvgIpc) is 3.06. The third-order valence-electron chi connectivity index (χ3n) is 5.64. The second-order valence-corrected chi connectivity index (χ2v) is 8.27. The number of hydrogen-bond donors (Lipinski definition) is 1. The Bertz CT molecular complexity index is 1260. The zero-order chi connectivity index (χ0) is 23.9. The van der Waals surface area contributed by atoms with Gasteiger partial charge in [0, 0.05) is 30.1 Å². The lowest BCUT2D eigenvalue weighted by Crippen LogP contribution is -2.48. The molecular weight excluding hydrogens is 457 g/mol. The predicted octanol–water partition coefficient (Wildman–Crippen LogP) is 5.36. The van der Waals surface area contributed by atoms with Crippen molar-refractivity contribution in [2.75, 3.05) is 13.1 Å². The van der Waals surface area contributed by atoms with E-state index in [0.717, 1.165) is 11.1 Å². The smallest absolute Gasteiger partial charge is 0.385 e. The van der Waals surface area contributed by atoms with Gasteiger partial charge in [0.05, 0.1) is 17.3 Å². The first-order chi connectivity index (χ1) is 15.6. The first kappa shape index (κ1) is 22.7. The maximum atomic E-state index is 13.1. The van der Waals surface area contributed by atoms with E-state index in [0.29, 0.717) is 35.3 Å². The molecule has 4 rings (SSSR count). The lowest BCUT2D eigenvalue weighted by Gasteiger charge is -2.40. The van der Waals surface area contributed by atoms with E-state index < -0.39 is 12.2 Å². The van der Waals surface area contributed by atoms with Crippen LogP contribution in [0.1, 0.15) is 38.5 Å². The van der Waals surface area contributed by atoms with Gasteiger partial charge in [-0.2, -0.15) is 5.26 Å². The number of aromatic nitrogens is 2. The van der Waals surface area contributed by atoms with Crippen LogP contribution in [-0.4, -0.2) is 40.5 Å². The van der Waals surface area contributed by atoms with E-state index in [2.05, 4.69) is 21.0 Å². The maximum absolute atomic E-state index is 13.1. The molecule has 1 N–H and O–H groups in total. The van der Waals surface area contributed by atoms with E-state index >= 15 is 0 Å². The molecule has 0 radical (unpaired) electrons. The van der Waals surface area contributed by atoms with Gasteiger partial charge in [0.25, 0.3) is 11.8 Å². The maximum Gasteiger partial charge on any atom is 0.574 e. The summed E-state index contributed by atoms with van der Waals surface area (Å²) in [7, 11) is 0. The van der Waals surface area contributed by atoms with E-state index in [4.69, 9.17) is 16.9 Å². The Kier molecular flexibility index (Phi) is 5.80. The highest BCUT2D eigenvalue weighted by atomic mass is 35.5. The molecular formula is C23H18ClF3N4O2. The molecule has 33 heavy (non-hydrogen) atoms. The van der Waals surface area contributed by atoms with Gasteiger partial charge in [0.15, 0.2) is 0 Å². The minimum Gasteiger partial charge on any atom is -0.385 e. The van der Waals surface area contributed by atoms with Crippen LogP contribution in [0.2, 0.25) is 5.02 Å². The van der Waals surface area contributed by atoms with Crippen LogP contribution in [0.15, 0.2) is 36.4 Å². The highest BCUT2D eigenvalue weighted by molar-refractivity contribution is 6.34. The molecule has 1 amide bonds. The van der Waals surface area contributed by atoms with Crippen molar-refractivity contribution in [1.82, 2.24) is 15.1 Å². The number of alkyl halides is 3. The summed E-state index contributed by atoms with van der Waals surface area (Å²) in [5, 5.41) is 14.6. The summed E-state index contributed by atoms with van der Waals surface area (Å²) >= 11 is 6.08. The van der Waals surface area contributed by atoms with Crippen molar-refractivity contribution in [2.45, 2.75) is 26.1 Å². The van der Waals surface area contributed by atoms with Gasteiger partial charge in [-0.1, -0.05) is 29.8 Å². The normalized spacial score (nSPS) is 14.0. The van der Waals surface area contributed by atoms with Crippen LogP contribution >= 0.6 is 11.6 Å². The number of benzene rings is 2. The highest BCUT2D eigenvalue weighted by Gasteiger charge is 2.35. The molecule has 1 fully saturated rings. The number of rotatable bonds is 4. The number of halogens is 4. The number of carbonyl (C=O) groups excluding carboxylic acids is 1. The van der Waals surface area contributed by atoms with Gasteiger partial charge in [-0.3, -0.25) is 9.89 Å². The molecule has 0 bridgehead atoms. The van der Waals surface area contributed by atoms with E-state index in [1.54, 1.807) is 43.0 Å². The molecule has 0 aliphatic carbocycles. The van der Waals surface area contributed by atoms with Crippen molar-refractivity contribution < 1.29 is 22.7 Å². The molecule has 1 saturated heterocycles. The quantitative estimate of drug-likeness (QED) is 0.552. The van der Waals surface area contributed by atoms with Gasteiger partial charge in [-0.15, -0.1) is 18.3 Å². The van der Waals surface area contributed by atoms with E-state index in [-0.39, 0.29) is 22.5 Å². The first-order valence-electron chi connectivity index (χ1n) is 9.98. The van der Waals surface area contributed by atoms with Gasteiger partial charge < -0.3 is 9.64 Å². The highest BCUT2D eigenvalue weighted by Crippen LogP contribution is 2.38. The number of H-pyrrole nitrogens is 1. The number of ether oxygens (including phenoxy) is 1. The largest absolute Gasteiger partial charge is 0.574 e. The summed E-state index contributed by atoms with van der Waals surface area (Å²) < 4.78 is 41.5. The number of nitrogens with zero attached hydrogens (tertiary/aromatic N) is 3. The van der Waals surface area contributed by atoms with Crippen molar-refractivity contribution in [3.63, 3.8) is 0 Å². The van der Waals surface area contributed by atoms with Crippen LogP contribution in [0.25, 0.3) is 11.3 Å². The first-order valence-corrected chi connectivity index (χ1v) is 10.4. The average molecular weight is 475 g/mol. The third kappa shape index (κ3) is 4.52. The molecule has 1 aromatic heterocycles. The van der Waals surface area contributed by atoms with Crippen molar-refractivity contribution in [3.05, 3.63) is 69.2 Å². The lowest BCUT2D eigenvalue weighted by atomic mass is 9.89. The number of likely N-dealkylation sites (tertiary alicyclic amines) is 1. The molecule has 2 heterocycles. The Morgan fingerprint density at radius 2 is 1.88 bits per heavy atom. The van der Waals surface area contributed by atoms with Crippen LogP contribution in [-0.2, 0) is 0 Å². The molecule has 2 aromatic carbocycles. The fourth-order valence-electron chi connectivity index (χ4n) is 3.87. The van der Waals surface area contributed by atoms with Crippen molar-refractivity contribution >= 4 is 17.5 Å². The summed E-state index contributed by atoms with van der Waals surface area (Å²) in [6.45, 7) is 4.63. The Morgan fingerprint density at radius 1 is 1.21 bits per heavy atom. The van der Waals surface area contributed by atoms with Crippen molar-refractivity contribution in [1.29, 1.82) is 5.26 Å². The molecule has 3 aromatic rings. The number of carbonyl (C=O) groups is 1. The summed E-state index contributed by atoms with van der Waals surface area (Å²) in [6.07, 6.45) is -4.93. The Morgan fingerprint density at radius 3 is 2.48 bits per heavy atom. The topological polar surface area (TPSA) is 82.0 Å². The van der Waals surface area contributed by atoms with E-state index in [1.807, 2.05) is 12.1 Å². The molecule has 1 aliphatic rings. The van der Waals surface area contributed by atoms with Gasteiger partial charge in [0.1, 0.15) is 5.02 Å². The van der Waals surface area contributed by atoms with Crippen molar-refractivity contribution in [2.24, 2.45) is 0 Å². The van der Waals surface area contributed by atoms with Crippen LogP contribution < -0.4 is 4.74 Å². The van der Waals surface area contributed by atoms with Gasteiger partial charge >= 0.3 is 6.36 Å². The van der Waals surface area contributed by atoms with Crippen LogP contribution in [0, 0.1) is 25.2 Å². The number of aromatic amines is 1. The zero-order valence-corrected chi connectivity index (χ0v) is 18.4. The second-order valence-electron chi connectivity index (χ2n) is 7.89. The molecule has 0 saturated carbocycles. The van der Waals surface area contributed by atoms with Gasteiger partial charge in [-0.05, 0) is 48.7 Å². The van der Waals surface area contributed by atoms with E-state index in [9.17, 15) is 18.0 Å². The zero-order valence-electron chi connectivity index (χ0n) is 17.6. The number of amides is 1. The standard InChI is InChI=1S/C23H18ClF3N4O2/c1-12-7-13(2)18(8-17(12)20-19(24)21(30-29-20)33-23(25,26)27)22(32)31-10-16(11-31)15-5-3-14(9-28)4-6-15/h3-8,16H,10-11H2,1-2H3,(H,29,30). The minimum absolute atomic E-state index is 0.140. The van der Waals surface area contributed by atoms with Crippen LogP contribution in [0.4, 0.5) is 13.2 Å². The third-order valence-corrected chi connectivity index (χ3v) is 5.99. The van der Waals surface area contributed by atoms with Crippen LogP contribution in [0.3, 0.4) is 0 Å². The van der Waals surface area contributed by atoms with Gasteiger partial charge in [-0.25, -0.2) is 0 Å². The molecule has 170 valence electrons. The second kappa shape index (κ2) is 8.45. The number of aryl methyl sites for hydroxylation is 2. The molecule has 6 nitrogen and oxygen atoms in total. The summed E-state index contributed by atoms with van der Waals surface area (Å²) in [5.74, 6) is -0.780. The Hall–Kier alpha value is -3.51. The summed E-state index contributed by atoms with van der Waals surface area (Å²) in [6, 6.07) is 12.8. The Labute approximate surface area is 192 Å². The molecule has 10 heteroatoms. The summed E-state index contributed by atoms with van der Waals surface area (Å²) in [4.78, 5) is 14.9. The Balaban J connectivity index is 1.56. The number of hydrogen-bond acceptors (Lipinski definition) is 4. The SMILES string of the molecule is Cc1cc(C)c(-c2[nH]nc(OC(F)(F)F)c2Cl)cc1C(=O)N1CC(c2ccc(C#N)cc2)C1. The fraction of sp³-hybridized carbons (Fsp3) is 0.261. The number of nitrogens with one attached hydrogen (secondary N) is 1. The molecule has 0 unspecified atom stereocenters. The summed E-state index contributed by atoms with van der Waals surface area (Å²) in [5.41, 5.74) is 4.12. The molecule has 0 atom stereocenters.